The minimum Gasteiger partial charge on any atom is -0.399 e. The molecule has 0 aliphatic carbocycles. The Bertz CT molecular complexity index is 333. The van der Waals surface area contributed by atoms with Crippen LogP contribution < -0.4 is 11.5 Å². The minimum absolute atomic E-state index is 0.0317. The molecule has 0 unspecified atom stereocenters. The molecule has 1 aromatic rings. The van der Waals surface area contributed by atoms with E-state index in [1.165, 1.54) is 18.2 Å². The van der Waals surface area contributed by atoms with E-state index >= 15 is 0 Å². The molecule has 1 rings (SSSR count). The first-order valence-electron chi connectivity index (χ1n) is 4.00. The lowest BCUT2D eigenvalue weighted by molar-refractivity contribution is -0.149. The lowest BCUT2D eigenvalue weighted by Crippen LogP contribution is -2.28. The Morgan fingerprint density at radius 1 is 1.29 bits per heavy atom. The Balaban J connectivity index is 3.03. The van der Waals surface area contributed by atoms with Crippen LogP contribution in [0.25, 0.3) is 0 Å². The van der Waals surface area contributed by atoms with Gasteiger partial charge < -0.3 is 11.5 Å². The third-order valence-corrected chi connectivity index (χ3v) is 2.01. The van der Waals surface area contributed by atoms with Gasteiger partial charge in [0.2, 0.25) is 0 Å². The summed E-state index contributed by atoms with van der Waals surface area (Å²) in [5.41, 5.74) is 11.6. The van der Waals surface area contributed by atoms with E-state index in [4.69, 9.17) is 11.5 Å². The van der Waals surface area contributed by atoms with Crippen LogP contribution in [0.15, 0.2) is 18.2 Å². The second-order valence-corrected chi connectivity index (χ2v) is 3.14. The quantitative estimate of drug-likeness (QED) is 0.688. The van der Waals surface area contributed by atoms with Gasteiger partial charge in [-0.15, -0.1) is 0 Å². The highest BCUT2D eigenvalue weighted by Crippen LogP contribution is 2.31. The van der Waals surface area contributed by atoms with E-state index < -0.39 is 12.2 Å². The maximum atomic E-state index is 12.2. The van der Waals surface area contributed by atoms with Gasteiger partial charge in [0, 0.05) is 5.69 Å². The molecule has 0 aromatic heterocycles. The zero-order chi connectivity index (χ0) is 10.9. The summed E-state index contributed by atoms with van der Waals surface area (Å²) in [5.74, 6) is 0. The number of hydrogen-bond acceptors (Lipinski definition) is 2. The van der Waals surface area contributed by atoms with E-state index in [9.17, 15) is 13.2 Å². The van der Waals surface area contributed by atoms with Crippen molar-refractivity contribution in [2.45, 2.75) is 19.1 Å². The fourth-order valence-electron chi connectivity index (χ4n) is 1.08. The van der Waals surface area contributed by atoms with Crippen LogP contribution in [0.5, 0.6) is 0 Å². The lowest BCUT2D eigenvalue weighted by Gasteiger charge is -2.16. The molecule has 5 heteroatoms. The first-order chi connectivity index (χ1) is 6.32. The topological polar surface area (TPSA) is 52.0 Å². The maximum absolute atomic E-state index is 12.2. The number of anilines is 1. The number of alkyl halides is 3. The summed E-state index contributed by atoms with van der Waals surface area (Å²) < 4.78 is 36.6. The molecule has 2 nitrogen and oxygen atoms in total. The molecule has 78 valence electrons. The van der Waals surface area contributed by atoms with Gasteiger partial charge in [-0.05, 0) is 24.1 Å². The van der Waals surface area contributed by atoms with Gasteiger partial charge >= 0.3 is 6.18 Å². The van der Waals surface area contributed by atoms with Crippen molar-refractivity contribution in [1.82, 2.24) is 0 Å². The average molecular weight is 204 g/mol. The molecule has 0 spiro atoms. The van der Waals surface area contributed by atoms with Crippen molar-refractivity contribution in [3.8, 4) is 0 Å². The molecule has 14 heavy (non-hydrogen) atoms. The SMILES string of the molecule is Cc1cc([C@@H](N)C(F)(F)F)ccc1N. The monoisotopic (exact) mass is 204 g/mol. The summed E-state index contributed by atoms with van der Waals surface area (Å²) in [6.45, 7) is 1.64. The van der Waals surface area contributed by atoms with Crippen molar-refractivity contribution in [2.24, 2.45) is 5.73 Å². The molecule has 0 saturated carbocycles. The second kappa shape index (κ2) is 3.49. The minimum atomic E-state index is -4.41. The van der Waals surface area contributed by atoms with Gasteiger partial charge in [-0.1, -0.05) is 12.1 Å². The molecular weight excluding hydrogens is 193 g/mol. The standard InChI is InChI=1S/C9H11F3N2/c1-5-4-6(2-3-7(5)13)8(14)9(10,11)12/h2-4,8H,13-14H2,1H3/t8-/m1/s1. The number of nitrogens with two attached hydrogens (primary N) is 2. The molecule has 1 atom stereocenters. The van der Waals surface area contributed by atoms with Gasteiger partial charge in [-0.25, -0.2) is 0 Å². The normalized spacial score (nSPS) is 14.1. The van der Waals surface area contributed by atoms with Crippen LogP contribution in [0.2, 0.25) is 0 Å². The number of nitrogen functional groups attached to an aromatic ring is 1. The molecule has 0 saturated heterocycles. The Hall–Kier alpha value is -1.23. The Labute approximate surface area is 79.7 Å². The van der Waals surface area contributed by atoms with Crippen molar-refractivity contribution >= 4 is 5.69 Å². The molecule has 0 heterocycles. The van der Waals surface area contributed by atoms with Gasteiger partial charge in [0.25, 0.3) is 0 Å². The Morgan fingerprint density at radius 3 is 2.29 bits per heavy atom. The molecule has 0 aliphatic heterocycles. The van der Waals surface area contributed by atoms with E-state index in [1.807, 2.05) is 0 Å². The van der Waals surface area contributed by atoms with Crippen molar-refractivity contribution in [2.75, 3.05) is 5.73 Å². The molecule has 1 aromatic carbocycles. The van der Waals surface area contributed by atoms with Crippen molar-refractivity contribution in [3.05, 3.63) is 29.3 Å². The fraction of sp³-hybridized carbons (Fsp3) is 0.333. The summed E-state index contributed by atoms with van der Waals surface area (Å²) in [4.78, 5) is 0. The number of benzene rings is 1. The van der Waals surface area contributed by atoms with Gasteiger partial charge in [0.1, 0.15) is 6.04 Å². The molecule has 0 bridgehead atoms. The summed E-state index contributed by atoms with van der Waals surface area (Å²) in [7, 11) is 0. The number of halogens is 3. The Kier molecular flexibility index (Phi) is 2.71. The van der Waals surface area contributed by atoms with Crippen LogP contribution in [-0.2, 0) is 0 Å². The molecule has 0 aliphatic rings. The van der Waals surface area contributed by atoms with Gasteiger partial charge in [0.15, 0.2) is 0 Å². The van der Waals surface area contributed by atoms with Crippen LogP contribution in [0, 0.1) is 6.92 Å². The zero-order valence-electron chi connectivity index (χ0n) is 7.60. The van der Waals surface area contributed by atoms with Crippen LogP contribution in [0.3, 0.4) is 0 Å². The predicted molar refractivity (Wildman–Crippen MR) is 48.6 cm³/mol. The third kappa shape index (κ3) is 2.17. The summed E-state index contributed by atoms with van der Waals surface area (Å²) in [6, 6.07) is 2.13. The summed E-state index contributed by atoms with van der Waals surface area (Å²) >= 11 is 0. The molecule has 0 radical (unpaired) electrons. The van der Waals surface area contributed by atoms with E-state index in [-0.39, 0.29) is 5.56 Å². The highest BCUT2D eigenvalue weighted by molar-refractivity contribution is 5.48. The van der Waals surface area contributed by atoms with E-state index in [1.54, 1.807) is 6.92 Å². The number of aryl methyl sites for hydroxylation is 1. The van der Waals surface area contributed by atoms with E-state index in [0.29, 0.717) is 11.3 Å². The van der Waals surface area contributed by atoms with E-state index in [0.717, 1.165) is 0 Å². The number of rotatable bonds is 1. The Morgan fingerprint density at radius 2 is 1.86 bits per heavy atom. The van der Waals surface area contributed by atoms with Crippen LogP contribution >= 0.6 is 0 Å². The van der Waals surface area contributed by atoms with Crippen LogP contribution in [0.4, 0.5) is 18.9 Å². The fourth-order valence-corrected chi connectivity index (χ4v) is 1.08. The first-order valence-corrected chi connectivity index (χ1v) is 4.00. The van der Waals surface area contributed by atoms with Crippen molar-refractivity contribution in [1.29, 1.82) is 0 Å². The van der Waals surface area contributed by atoms with Crippen molar-refractivity contribution < 1.29 is 13.2 Å². The second-order valence-electron chi connectivity index (χ2n) is 3.14. The third-order valence-electron chi connectivity index (χ3n) is 2.01. The highest BCUT2D eigenvalue weighted by Gasteiger charge is 2.37. The number of hydrogen-bond donors (Lipinski definition) is 2. The van der Waals surface area contributed by atoms with Gasteiger partial charge in [-0.3, -0.25) is 0 Å². The van der Waals surface area contributed by atoms with Gasteiger partial charge in [-0.2, -0.15) is 13.2 Å². The van der Waals surface area contributed by atoms with Crippen LogP contribution in [0.1, 0.15) is 17.2 Å². The predicted octanol–water partition coefficient (Wildman–Crippen LogP) is 2.14. The molecule has 0 amide bonds. The smallest absolute Gasteiger partial charge is 0.399 e. The molecule has 4 N–H and O–H groups in total. The van der Waals surface area contributed by atoms with Crippen LogP contribution in [-0.4, -0.2) is 6.18 Å². The lowest BCUT2D eigenvalue weighted by atomic mass is 10.0. The zero-order valence-corrected chi connectivity index (χ0v) is 7.60. The first kappa shape index (κ1) is 10.8. The summed E-state index contributed by atoms with van der Waals surface area (Å²) in [6.07, 6.45) is -4.41. The molecular formula is C9H11F3N2. The van der Waals surface area contributed by atoms with Gasteiger partial charge in [0.05, 0.1) is 0 Å². The maximum Gasteiger partial charge on any atom is 0.407 e. The highest BCUT2D eigenvalue weighted by atomic mass is 19.4. The van der Waals surface area contributed by atoms with E-state index in [2.05, 4.69) is 0 Å². The molecule has 0 fully saturated rings. The average Bonchev–Trinajstić information content (AvgIpc) is 2.07. The largest absolute Gasteiger partial charge is 0.407 e. The summed E-state index contributed by atoms with van der Waals surface area (Å²) in [5, 5.41) is 0. The van der Waals surface area contributed by atoms with Crippen molar-refractivity contribution in [3.63, 3.8) is 0 Å².